The van der Waals surface area contributed by atoms with Crippen LogP contribution in [0, 0.1) is 0 Å². The highest BCUT2D eigenvalue weighted by Crippen LogP contribution is 2.36. The lowest BCUT2D eigenvalue weighted by molar-refractivity contribution is -0.137. The number of aliphatic hydroxyl groups excluding tert-OH is 1. The van der Waals surface area contributed by atoms with Gasteiger partial charge in [-0.2, -0.15) is 18.3 Å². The van der Waals surface area contributed by atoms with Crippen LogP contribution < -0.4 is 0 Å². The van der Waals surface area contributed by atoms with Crippen molar-refractivity contribution >= 4 is 0 Å². The van der Waals surface area contributed by atoms with Crippen LogP contribution in [0.4, 0.5) is 13.2 Å². The van der Waals surface area contributed by atoms with E-state index in [2.05, 4.69) is 5.10 Å². The Morgan fingerprint density at radius 1 is 1.32 bits per heavy atom. The van der Waals surface area contributed by atoms with E-state index in [1.165, 1.54) is 12.1 Å². The van der Waals surface area contributed by atoms with Crippen LogP contribution in [-0.2, 0) is 12.7 Å². The molecule has 1 aliphatic rings. The monoisotopic (exact) mass is 353 g/mol. The van der Waals surface area contributed by atoms with Crippen LogP contribution in [0.2, 0.25) is 0 Å². The van der Waals surface area contributed by atoms with E-state index in [1.807, 2.05) is 29.6 Å². The summed E-state index contributed by atoms with van der Waals surface area (Å²) in [6.45, 7) is 5.04. The van der Waals surface area contributed by atoms with Gasteiger partial charge in [0.2, 0.25) is 0 Å². The lowest BCUT2D eigenvalue weighted by Gasteiger charge is -2.24. The molecule has 2 heterocycles. The van der Waals surface area contributed by atoms with Gasteiger partial charge in [-0.3, -0.25) is 9.58 Å². The van der Waals surface area contributed by atoms with Crippen molar-refractivity contribution in [1.82, 2.24) is 14.7 Å². The number of aromatic nitrogens is 2. The first kappa shape index (κ1) is 17.9. The van der Waals surface area contributed by atoms with Crippen molar-refractivity contribution in [2.45, 2.75) is 51.2 Å². The van der Waals surface area contributed by atoms with Crippen molar-refractivity contribution in [3.8, 4) is 0 Å². The highest BCUT2D eigenvalue weighted by Gasteiger charge is 2.35. The number of alkyl halides is 3. The molecule has 2 atom stereocenters. The second-order valence-corrected chi connectivity index (χ2v) is 6.88. The highest BCUT2D eigenvalue weighted by molar-refractivity contribution is 5.29. The van der Waals surface area contributed by atoms with Gasteiger partial charge in [0.15, 0.2) is 0 Å². The molecule has 0 radical (unpaired) electrons. The SMILES string of the molecule is CC(C)n1cc(CN2CC(O)CC2c2cccc(C(F)(F)F)c2)cn1. The Hall–Kier alpha value is -1.86. The summed E-state index contributed by atoms with van der Waals surface area (Å²) in [5.41, 5.74) is 0.918. The molecule has 25 heavy (non-hydrogen) atoms. The number of benzene rings is 1. The molecule has 136 valence electrons. The number of hydrogen-bond acceptors (Lipinski definition) is 3. The predicted molar refractivity (Wildman–Crippen MR) is 87.8 cm³/mol. The number of β-amino-alcohol motifs (C(OH)–C–C–N with tert-alkyl or cyclic N) is 1. The van der Waals surface area contributed by atoms with Gasteiger partial charge < -0.3 is 5.11 Å². The molecule has 0 aliphatic carbocycles. The van der Waals surface area contributed by atoms with E-state index in [0.29, 0.717) is 25.1 Å². The fraction of sp³-hybridized carbons (Fsp3) is 0.500. The largest absolute Gasteiger partial charge is 0.416 e. The van der Waals surface area contributed by atoms with Gasteiger partial charge in [0.1, 0.15) is 0 Å². The maximum Gasteiger partial charge on any atom is 0.416 e. The van der Waals surface area contributed by atoms with Crippen LogP contribution in [-0.4, -0.2) is 32.4 Å². The zero-order chi connectivity index (χ0) is 18.2. The molecule has 2 unspecified atom stereocenters. The van der Waals surface area contributed by atoms with E-state index in [-0.39, 0.29) is 12.1 Å². The summed E-state index contributed by atoms with van der Waals surface area (Å²) in [5.74, 6) is 0. The van der Waals surface area contributed by atoms with Gasteiger partial charge in [-0.25, -0.2) is 0 Å². The van der Waals surface area contributed by atoms with Crippen LogP contribution in [0.15, 0.2) is 36.7 Å². The Labute approximate surface area is 144 Å². The molecule has 1 aromatic heterocycles. The van der Waals surface area contributed by atoms with Crippen LogP contribution in [0.3, 0.4) is 0 Å². The van der Waals surface area contributed by atoms with Gasteiger partial charge in [0.05, 0.1) is 17.9 Å². The Morgan fingerprint density at radius 2 is 2.08 bits per heavy atom. The Kier molecular flexibility index (Phi) is 4.88. The number of nitrogens with zero attached hydrogens (tertiary/aromatic N) is 3. The summed E-state index contributed by atoms with van der Waals surface area (Å²) in [5, 5.41) is 14.3. The quantitative estimate of drug-likeness (QED) is 0.909. The smallest absolute Gasteiger partial charge is 0.392 e. The zero-order valence-corrected chi connectivity index (χ0v) is 14.2. The first-order chi connectivity index (χ1) is 11.7. The lowest BCUT2D eigenvalue weighted by atomic mass is 10.0. The average Bonchev–Trinajstić information content (AvgIpc) is 3.14. The molecule has 2 aromatic rings. The van der Waals surface area contributed by atoms with Crippen molar-refractivity contribution in [1.29, 1.82) is 0 Å². The molecule has 1 aromatic carbocycles. The number of aliphatic hydroxyl groups is 1. The minimum Gasteiger partial charge on any atom is -0.392 e. The van der Waals surface area contributed by atoms with Crippen molar-refractivity contribution in [3.05, 3.63) is 53.3 Å². The number of halogens is 3. The molecule has 0 spiro atoms. The highest BCUT2D eigenvalue weighted by atomic mass is 19.4. The maximum absolute atomic E-state index is 13.0. The van der Waals surface area contributed by atoms with E-state index >= 15 is 0 Å². The van der Waals surface area contributed by atoms with Crippen molar-refractivity contribution in [3.63, 3.8) is 0 Å². The van der Waals surface area contributed by atoms with E-state index < -0.39 is 17.8 Å². The molecule has 0 saturated carbocycles. The Morgan fingerprint density at radius 3 is 2.72 bits per heavy atom. The average molecular weight is 353 g/mol. The first-order valence-electron chi connectivity index (χ1n) is 8.36. The molecule has 4 nitrogen and oxygen atoms in total. The summed E-state index contributed by atoms with van der Waals surface area (Å²) in [6, 6.07) is 5.40. The second-order valence-electron chi connectivity index (χ2n) is 6.88. The third kappa shape index (κ3) is 4.04. The molecule has 1 fully saturated rings. The van der Waals surface area contributed by atoms with Crippen LogP contribution >= 0.6 is 0 Å². The second kappa shape index (κ2) is 6.80. The molecular formula is C18H22F3N3O. The predicted octanol–water partition coefficient (Wildman–Crippen LogP) is 3.79. The molecule has 3 rings (SSSR count). The minimum atomic E-state index is -4.36. The summed E-state index contributed by atoms with van der Waals surface area (Å²) >= 11 is 0. The van der Waals surface area contributed by atoms with E-state index in [0.717, 1.165) is 11.6 Å². The van der Waals surface area contributed by atoms with E-state index in [1.54, 1.807) is 12.3 Å². The Bertz CT molecular complexity index is 726. The topological polar surface area (TPSA) is 41.3 Å². The van der Waals surface area contributed by atoms with Crippen LogP contribution in [0.1, 0.15) is 49.0 Å². The summed E-state index contributed by atoms with van der Waals surface area (Å²) in [4.78, 5) is 2.02. The summed E-state index contributed by atoms with van der Waals surface area (Å²) < 4.78 is 40.8. The van der Waals surface area contributed by atoms with Gasteiger partial charge in [-0.1, -0.05) is 12.1 Å². The third-order valence-corrected chi connectivity index (χ3v) is 4.55. The first-order valence-corrected chi connectivity index (χ1v) is 8.36. The van der Waals surface area contributed by atoms with Crippen LogP contribution in [0.5, 0.6) is 0 Å². The van der Waals surface area contributed by atoms with E-state index in [9.17, 15) is 18.3 Å². The van der Waals surface area contributed by atoms with E-state index in [4.69, 9.17) is 0 Å². The van der Waals surface area contributed by atoms with Crippen molar-refractivity contribution in [2.75, 3.05) is 6.54 Å². The zero-order valence-electron chi connectivity index (χ0n) is 14.2. The maximum atomic E-state index is 13.0. The fourth-order valence-corrected chi connectivity index (χ4v) is 3.30. The molecule has 0 bridgehead atoms. The number of rotatable bonds is 4. The van der Waals surface area contributed by atoms with Gasteiger partial charge in [-0.05, 0) is 38.0 Å². The van der Waals surface area contributed by atoms with Gasteiger partial charge in [-0.15, -0.1) is 0 Å². The molecular weight excluding hydrogens is 331 g/mol. The normalized spacial score (nSPS) is 22.0. The molecule has 7 heteroatoms. The standard InChI is InChI=1S/C18H22F3N3O/c1-12(2)24-10-13(8-22-24)9-23-11-16(25)7-17(23)14-4-3-5-15(6-14)18(19,20)21/h3-6,8,10,12,16-17,25H,7,9,11H2,1-2H3. The van der Waals surface area contributed by atoms with Gasteiger partial charge in [0.25, 0.3) is 0 Å². The summed E-state index contributed by atoms with van der Waals surface area (Å²) in [7, 11) is 0. The lowest BCUT2D eigenvalue weighted by Crippen LogP contribution is -2.24. The Balaban J connectivity index is 1.82. The molecule has 0 amide bonds. The van der Waals surface area contributed by atoms with Crippen molar-refractivity contribution < 1.29 is 18.3 Å². The molecule has 1 N–H and O–H groups in total. The summed E-state index contributed by atoms with van der Waals surface area (Å²) in [6.07, 6.45) is -0.762. The minimum absolute atomic E-state index is 0.236. The molecule has 1 saturated heterocycles. The van der Waals surface area contributed by atoms with Crippen molar-refractivity contribution in [2.24, 2.45) is 0 Å². The van der Waals surface area contributed by atoms with Gasteiger partial charge >= 0.3 is 6.18 Å². The molecule has 1 aliphatic heterocycles. The van der Waals surface area contributed by atoms with Gasteiger partial charge in [0, 0.05) is 36.9 Å². The number of hydrogen-bond donors (Lipinski definition) is 1. The van der Waals surface area contributed by atoms with Crippen LogP contribution in [0.25, 0.3) is 0 Å². The third-order valence-electron chi connectivity index (χ3n) is 4.55. The fourth-order valence-electron chi connectivity index (χ4n) is 3.30. The number of likely N-dealkylation sites (tertiary alicyclic amines) is 1.